The van der Waals surface area contributed by atoms with Gasteiger partial charge in [-0.1, -0.05) is 19.1 Å². The van der Waals surface area contributed by atoms with Crippen LogP contribution in [-0.2, 0) is 16.6 Å². The average Bonchev–Trinajstić information content (AvgIpc) is 2.38. The Morgan fingerprint density at radius 2 is 2.11 bits per heavy atom. The predicted molar refractivity (Wildman–Crippen MR) is 66.6 cm³/mol. The third-order valence-corrected chi connectivity index (χ3v) is 4.16. The van der Waals surface area contributed by atoms with E-state index in [4.69, 9.17) is 10.5 Å². The van der Waals surface area contributed by atoms with Crippen molar-refractivity contribution in [3.8, 4) is 12.1 Å². The van der Waals surface area contributed by atoms with E-state index >= 15 is 0 Å². The van der Waals surface area contributed by atoms with Crippen LogP contribution in [0.1, 0.15) is 24.5 Å². The van der Waals surface area contributed by atoms with E-state index in [1.54, 1.807) is 37.3 Å². The molecule has 6 heteroatoms. The first-order chi connectivity index (χ1) is 8.53. The fraction of sp³-hybridized carbons (Fsp3) is 0.333. The lowest BCUT2D eigenvalue weighted by atomic mass is 10.1. The molecule has 0 aliphatic heterocycles. The van der Waals surface area contributed by atoms with Gasteiger partial charge < -0.3 is 0 Å². The summed E-state index contributed by atoms with van der Waals surface area (Å²) in [6, 6.07) is 10.4. The molecule has 1 atom stereocenters. The standard InChI is InChI=1S/C12H13N3O2S/c1-2-12(8-14)18(16,17)15-9-11-5-3-4-10(6-11)7-13/h3-6,12,15H,2,9H2,1H3. The smallest absolute Gasteiger partial charge is 0.211 e. The minimum atomic E-state index is -3.63. The highest BCUT2D eigenvalue weighted by Crippen LogP contribution is 2.07. The fourth-order valence-corrected chi connectivity index (χ4v) is 2.56. The largest absolute Gasteiger partial charge is 0.228 e. The summed E-state index contributed by atoms with van der Waals surface area (Å²) in [5.74, 6) is 0. The van der Waals surface area contributed by atoms with Crippen molar-refractivity contribution in [3.63, 3.8) is 0 Å². The Labute approximate surface area is 107 Å². The zero-order valence-corrected chi connectivity index (χ0v) is 10.7. The zero-order valence-electron chi connectivity index (χ0n) is 9.92. The van der Waals surface area contributed by atoms with Crippen LogP contribution in [0.2, 0.25) is 0 Å². The summed E-state index contributed by atoms with van der Waals surface area (Å²) < 4.78 is 25.8. The number of nitriles is 2. The molecule has 0 saturated carbocycles. The van der Waals surface area contributed by atoms with Gasteiger partial charge in [-0.2, -0.15) is 10.5 Å². The van der Waals surface area contributed by atoms with E-state index in [1.165, 1.54) is 0 Å². The Balaban J connectivity index is 2.77. The van der Waals surface area contributed by atoms with Crippen LogP contribution in [0.4, 0.5) is 0 Å². The third kappa shape index (κ3) is 3.56. The second-order valence-electron chi connectivity index (χ2n) is 3.70. The van der Waals surface area contributed by atoms with E-state index in [0.717, 1.165) is 0 Å². The van der Waals surface area contributed by atoms with Crippen LogP contribution in [-0.4, -0.2) is 13.7 Å². The summed E-state index contributed by atoms with van der Waals surface area (Å²) in [4.78, 5) is 0. The summed E-state index contributed by atoms with van der Waals surface area (Å²) in [7, 11) is -3.63. The molecule has 94 valence electrons. The number of nitrogens with one attached hydrogen (secondary N) is 1. The van der Waals surface area contributed by atoms with E-state index < -0.39 is 15.3 Å². The quantitative estimate of drug-likeness (QED) is 0.865. The minimum Gasteiger partial charge on any atom is -0.211 e. The monoisotopic (exact) mass is 263 g/mol. The number of rotatable bonds is 5. The van der Waals surface area contributed by atoms with E-state index in [9.17, 15) is 8.42 Å². The van der Waals surface area contributed by atoms with E-state index in [-0.39, 0.29) is 13.0 Å². The molecule has 1 unspecified atom stereocenters. The molecule has 1 rings (SSSR count). The molecule has 0 amide bonds. The van der Waals surface area contributed by atoms with Crippen molar-refractivity contribution in [3.05, 3.63) is 35.4 Å². The Morgan fingerprint density at radius 3 is 2.67 bits per heavy atom. The molecular formula is C12H13N3O2S. The molecule has 0 bridgehead atoms. The number of sulfonamides is 1. The minimum absolute atomic E-state index is 0.0794. The van der Waals surface area contributed by atoms with Gasteiger partial charge >= 0.3 is 0 Å². The van der Waals surface area contributed by atoms with E-state index in [1.807, 2.05) is 6.07 Å². The van der Waals surface area contributed by atoms with Crippen molar-refractivity contribution in [2.75, 3.05) is 0 Å². The van der Waals surface area contributed by atoms with Crippen LogP contribution in [0.3, 0.4) is 0 Å². The summed E-state index contributed by atoms with van der Waals surface area (Å²) in [6.45, 7) is 1.72. The van der Waals surface area contributed by atoms with E-state index in [0.29, 0.717) is 11.1 Å². The first-order valence-corrected chi connectivity index (χ1v) is 6.95. The normalized spacial score (nSPS) is 12.4. The lowest BCUT2D eigenvalue weighted by Crippen LogP contribution is -2.32. The summed E-state index contributed by atoms with van der Waals surface area (Å²) in [5.41, 5.74) is 1.16. The third-order valence-electron chi connectivity index (χ3n) is 2.42. The average molecular weight is 263 g/mol. The van der Waals surface area contributed by atoms with Gasteiger partial charge in [0, 0.05) is 6.54 Å². The van der Waals surface area contributed by atoms with Gasteiger partial charge in [0.15, 0.2) is 5.25 Å². The van der Waals surface area contributed by atoms with Gasteiger partial charge in [-0.05, 0) is 24.1 Å². The molecule has 1 aromatic carbocycles. The predicted octanol–water partition coefficient (Wildman–Crippen LogP) is 1.28. The van der Waals surface area contributed by atoms with Crippen LogP contribution in [0, 0.1) is 22.7 Å². The zero-order chi connectivity index (χ0) is 13.6. The molecule has 0 aliphatic rings. The van der Waals surface area contributed by atoms with Gasteiger partial charge in [-0.15, -0.1) is 0 Å². The molecule has 0 aromatic heterocycles. The molecule has 0 spiro atoms. The number of hydrogen-bond donors (Lipinski definition) is 1. The van der Waals surface area contributed by atoms with Crippen molar-refractivity contribution in [2.45, 2.75) is 25.1 Å². The second-order valence-corrected chi connectivity index (χ2v) is 5.65. The maximum atomic E-state index is 11.7. The number of hydrogen-bond acceptors (Lipinski definition) is 4. The van der Waals surface area contributed by atoms with Gasteiger partial charge in [-0.3, -0.25) is 0 Å². The van der Waals surface area contributed by atoms with Gasteiger partial charge in [-0.25, -0.2) is 13.1 Å². The lowest BCUT2D eigenvalue weighted by molar-refractivity contribution is 0.572. The van der Waals surface area contributed by atoms with Crippen LogP contribution < -0.4 is 4.72 Å². The molecule has 18 heavy (non-hydrogen) atoms. The first-order valence-electron chi connectivity index (χ1n) is 5.40. The van der Waals surface area contributed by atoms with E-state index in [2.05, 4.69) is 4.72 Å². The highest BCUT2D eigenvalue weighted by molar-refractivity contribution is 7.90. The van der Waals surface area contributed by atoms with Gasteiger partial charge in [0.2, 0.25) is 10.0 Å². The molecule has 5 nitrogen and oxygen atoms in total. The van der Waals surface area contributed by atoms with Crippen molar-refractivity contribution in [1.29, 1.82) is 10.5 Å². The van der Waals surface area contributed by atoms with Crippen molar-refractivity contribution < 1.29 is 8.42 Å². The Kier molecular flexibility index (Phi) is 4.85. The van der Waals surface area contributed by atoms with Crippen LogP contribution in [0.15, 0.2) is 24.3 Å². The molecule has 1 aromatic rings. The highest BCUT2D eigenvalue weighted by Gasteiger charge is 2.22. The molecule has 0 aliphatic carbocycles. The molecule has 0 fully saturated rings. The Morgan fingerprint density at radius 1 is 1.39 bits per heavy atom. The molecule has 0 heterocycles. The molecule has 1 N–H and O–H groups in total. The Hall–Kier alpha value is -1.89. The molecule has 0 radical (unpaired) electrons. The summed E-state index contributed by atoms with van der Waals surface area (Å²) >= 11 is 0. The number of nitrogens with zero attached hydrogens (tertiary/aromatic N) is 2. The molecule has 0 saturated heterocycles. The maximum Gasteiger partial charge on any atom is 0.228 e. The highest BCUT2D eigenvalue weighted by atomic mass is 32.2. The van der Waals surface area contributed by atoms with Crippen LogP contribution in [0.25, 0.3) is 0 Å². The SMILES string of the molecule is CCC(C#N)S(=O)(=O)NCc1cccc(C#N)c1. The maximum absolute atomic E-state index is 11.7. The van der Waals surface area contributed by atoms with Gasteiger partial charge in [0.1, 0.15) is 0 Å². The lowest BCUT2D eigenvalue weighted by Gasteiger charge is -2.10. The topological polar surface area (TPSA) is 93.8 Å². The van der Waals surface area contributed by atoms with Crippen molar-refractivity contribution in [1.82, 2.24) is 4.72 Å². The van der Waals surface area contributed by atoms with Crippen LogP contribution in [0.5, 0.6) is 0 Å². The van der Waals surface area contributed by atoms with Crippen molar-refractivity contribution in [2.24, 2.45) is 0 Å². The first kappa shape index (κ1) is 14.2. The summed E-state index contributed by atoms with van der Waals surface area (Å²) in [5, 5.41) is 16.4. The van der Waals surface area contributed by atoms with Gasteiger partial charge in [0.25, 0.3) is 0 Å². The van der Waals surface area contributed by atoms with Crippen LogP contribution >= 0.6 is 0 Å². The second kappa shape index (κ2) is 6.15. The molecular weight excluding hydrogens is 250 g/mol. The summed E-state index contributed by atoms with van der Waals surface area (Å²) in [6.07, 6.45) is 0.240. The number of benzene rings is 1. The fourth-order valence-electron chi connectivity index (χ4n) is 1.42. The van der Waals surface area contributed by atoms with Crippen molar-refractivity contribution >= 4 is 10.0 Å². The Bertz CT molecular complexity index is 596. The van der Waals surface area contributed by atoms with Gasteiger partial charge in [0.05, 0.1) is 17.7 Å².